The number of aryl methyl sites for hydroxylation is 1. The van der Waals surface area contributed by atoms with Gasteiger partial charge >= 0.3 is 5.97 Å². The zero-order chi connectivity index (χ0) is 18.4. The molecule has 1 fully saturated rings. The third-order valence-electron chi connectivity index (χ3n) is 4.49. The number of carboxylic acids is 1. The first-order valence-corrected chi connectivity index (χ1v) is 8.81. The molecule has 1 saturated heterocycles. The van der Waals surface area contributed by atoms with E-state index >= 15 is 0 Å². The molecule has 1 aliphatic heterocycles. The van der Waals surface area contributed by atoms with Crippen molar-refractivity contribution in [3.63, 3.8) is 0 Å². The molecule has 6 nitrogen and oxygen atoms in total. The highest BCUT2D eigenvalue weighted by molar-refractivity contribution is 5.66. The van der Waals surface area contributed by atoms with Crippen LogP contribution in [0.3, 0.4) is 0 Å². The van der Waals surface area contributed by atoms with Crippen LogP contribution in [0.1, 0.15) is 29.3 Å². The Bertz CT molecular complexity index is 736. The second-order valence-electron chi connectivity index (χ2n) is 6.43. The molecule has 0 spiro atoms. The molecule has 0 aliphatic carbocycles. The summed E-state index contributed by atoms with van der Waals surface area (Å²) in [6.45, 7) is 5.13. The van der Waals surface area contributed by atoms with Crippen LogP contribution in [0, 0.1) is 6.92 Å². The van der Waals surface area contributed by atoms with Gasteiger partial charge in [0.1, 0.15) is 12.4 Å². The molecule has 0 amide bonds. The molecule has 138 valence electrons. The number of carbonyl (C=O) groups is 1. The highest BCUT2D eigenvalue weighted by atomic mass is 16.5. The van der Waals surface area contributed by atoms with Gasteiger partial charge in [-0.1, -0.05) is 12.1 Å². The van der Waals surface area contributed by atoms with Gasteiger partial charge in [0.25, 0.3) is 0 Å². The van der Waals surface area contributed by atoms with Crippen molar-refractivity contribution in [2.45, 2.75) is 26.1 Å². The largest absolute Gasteiger partial charge is 0.487 e. The molecule has 26 heavy (non-hydrogen) atoms. The molecule has 1 aromatic heterocycles. The van der Waals surface area contributed by atoms with Crippen LogP contribution in [0.15, 0.2) is 42.6 Å². The minimum absolute atomic E-state index is 0.0395. The van der Waals surface area contributed by atoms with Crippen LogP contribution >= 0.6 is 0 Å². The average molecular weight is 356 g/mol. The van der Waals surface area contributed by atoms with Crippen LogP contribution in [0.4, 0.5) is 0 Å². The third kappa shape index (κ3) is 5.03. The van der Waals surface area contributed by atoms with Crippen molar-refractivity contribution in [2.75, 3.05) is 26.2 Å². The van der Waals surface area contributed by atoms with Gasteiger partial charge in [0, 0.05) is 25.8 Å². The average Bonchev–Trinajstić information content (AvgIpc) is 2.66. The van der Waals surface area contributed by atoms with Crippen molar-refractivity contribution in [1.82, 2.24) is 9.88 Å². The molecule has 1 N–H and O–H groups in total. The number of hydrogen-bond donors (Lipinski definition) is 1. The van der Waals surface area contributed by atoms with Crippen molar-refractivity contribution < 1.29 is 19.4 Å². The van der Waals surface area contributed by atoms with Gasteiger partial charge in [-0.05, 0) is 42.3 Å². The van der Waals surface area contributed by atoms with Crippen LogP contribution in [0.25, 0.3) is 0 Å². The summed E-state index contributed by atoms with van der Waals surface area (Å²) in [6.07, 6.45) is 1.87. The fraction of sp³-hybridized carbons (Fsp3) is 0.400. The maximum atomic E-state index is 10.8. The first-order valence-electron chi connectivity index (χ1n) is 8.81. The number of nitrogens with zero attached hydrogens (tertiary/aromatic N) is 2. The number of ether oxygens (including phenoxy) is 2. The van der Waals surface area contributed by atoms with Crippen LogP contribution in [0.5, 0.6) is 5.75 Å². The summed E-state index contributed by atoms with van der Waals surface area (Å²) in [5.74, 6) is 0.0362. The van der Waals surface area contributed by atoms with Crippen molar-refractivity contribution in [1.29, 1.82) is 0 Å². The number of benzene rings is 1. The van der Waals surface area contributed by atoms with Crippen molar-refractivity contribution in [3.05, 3.63) is 59.4 Å². The van der Waals surface area contributed by atoms with Gasteiger partial charge in [-0.15, -0.1) is 0 Å². The first kappa shape index (κ1) is 18.4. The third-order valence-corrected chi connectivity index (χ3v) is 4.49. The molecule has 6 heteroatoms. The van der Waals surface area contributed by atoms with Gasteiger partial charge < -0.3 is 14.6 Å². The molecular formula is C20H24N2O4. The fourth-order valence-electron chi connectivity index (χ4n) is 3.09. The maximum absolute atomic E-state index is 10.8. The van der Waals surface area contributed by atoms with Crippen molar-refractivity contribution >= 4 is 5.97 Å². The molecule has 0 radical (unpaired) electrons. The summed E-state index contributed by atoms with van der Waals surface area (Å²) in [4.78, 5) is 17.2. The lowest BCUT2D eigenvalue weighted by atomic mass is 10.0. The van der Waals surface area contributed by atoms with Gasteiger partial charge in [0.05, 0.1) is 24.8 Å². The molecule has 3 rings (SSSR count). The number of pyridine rings is 1. The van der Waals surface area contributed by atoms with E-state index < -0.39 is 5.97 Å². The molecule has 0 unspecified atom stereocenters. The molecule has 0 saturated carbocycles. The summed E-state index contributed by atoms with van der Waals surface area (Å²) in [5, 5.41) is 8.86. The van der Waals surface area contributed by atoms with Crippen molar-refractivity contribution in [2.24, 2.45) is 0 Å². The number of carboxylic acid groups (broad SMARTS) is 1. The minimum atomic E-state index is -0.765. The predicted molar refractivity (Wildman–Crippen MR) is 97.1 cm³/mol. The predicted octanol–water partition coefficient (Wildman–Crippen LogP) is 2.82. The Labute approximate surface area is 153 Å². The van der Waals surface area contributed by atoms with Gasteiger partial charge in [-0.3, -0.25) is 14.7 Å². The number of hydrogen-bond acceptors (Lipinski definition) is 5. The van der Waals surface area contributed by atoms with E-state index in [0.29, 0.717) is 26.3 Å². The topological polar surface area (TPSA) is 71.9 Å². The van der Waals surface area contributed by atoms with Gasteiger partial charge in [0.15, 0.2) is 0 Å². The lowest BCUT2D eigenvalue weighted by Crippen LogP contribution is -2.39. The molecule has 1 aliphatic rings. The van der Waals surface area contributed by atoms with Crippen LogP contribution in [-0.2, 0) is 16.1 Å². The summed E-state index contributed by atoms with van der Waals surface area (Å²) in [5.41, 5.74) is 3.11. The van der Waals surface area contributed by atoms with Gasteiger partial charge in [0.2, 0.25) is 0 Å². The second kappa shape index (κ2) is 8.78. The highest BCUT2D eigenvalue weighted by Gasteiger charge is 2.23. The highest BCUT2D eigenvalue weighted by Crippen LogP contribution is 2.28. The van der Waals surface area contributed by atoms with E-state index in [1.807, 2.05) is 43.3 Å². The number of aliphatic carboxylic acids is 1. The van der Waals surface area contributed by atoms with E-state index in [0.717, 1.165) is 29.1 Å². The van der Waals surface area contributed by atoms with Crippen LogP contribution < -0.4 is 4.74 Å². The molecule has 2 aromatic rings. The minimum Gasteiger partial charge on any atom is -0.487 e. The Morgan fingerprint density at radius 2 is 2.27 bits per heavy atom. The SMILES string of the molecule is Cc1cc(OCc2ccccn2)ccc1[C@@H]1CN(CCC(=O)O)CCO1. The molecule has 0 bridgehead atoms. The quantitative estimate of drug-likeness (QED) is 0.822. The Balaban J connectivity index is 1.60. The van der Waals surface area contributed by atoms with E-state index in [9.17, 15) is 4.79 Å². The zero-order valence-corrected chi connectivity index (χ0v) is 14.9. The summed E-state index contributed by atoms with van der Waals surface area (Å²) >= 11 is 0. The maximum Gasteiger partial charge on any atom is 0.304 e. The van der Waals surface area contributed by atoms with Crippen LogP contribution in [0.2, 0.25) is 0 Å². The smallest absolute Gasteiger partial charge is 0.304 e. The Morgan fingerprint density at radius 3 is 3.00 bits per heavy atom. The second-order valence-corrected chi connectivity index (χ2v) is 6.43. The van der Waals surface area contributed by atoms with E-state index in [1.54, 1.807) is 6.20 Å². The number of rotatable bonds is 7. The number of aromatic nitrogens is 1. The summed E-state index contributed by atoms with van der Waals surface area (Å²) in [7, 11) is 0. The Kier molecular flexibility index (Phi) is 6.20. The zero-order valence-electron chi connectivity index (χ0n) is 14.9. The number of morpholine rings is 1. The van der Waals surface area contributed by atoms with Crippen molar-refractivity contribution in [3.8, 4) is 5.75 Å². The lowest BCUT2D eigenvalue weighted by Gasteiger charge is -2.33. The lowest BCUT2D eigenvalue weighted by molar-refractivity contribution is -0.137. The summed E-state index contributed by atoms with van der Waals surface area (Å²) in [6, 6.07) is 11.8. The monoisotopic (exact) mass is 356 g/mol. The molecule has 2 heterocycles. The van der Waals surface area contributed by atoms with Crippen LogP contribution in [-0.4, -0.2) is 47.2 Å². The van der Waals surface area contributed by atoms with E-state index in [-0.39, 0.29) is 12.5 Å². The van der Waals surface area contributed by atoms with E-state index in [2.05, 4.69) is 9.88 Å². The molecule has 1 aromatic carbocycles. The molecular weight excluding hydrogens is 332 g/mol. The first-order chi connectivity index (χ1) is 12.6. The standard InChI is InChI=1S/C20H24N2O4/c1-15-12-17(26-14-16-4-2-3-8-21-16)5-6-18(15)19-13-22(10-11-25-19)9-7-20(23)24/h2-6,8,12,19H,7,9-11,13-14H2,1H3,(H,23,24)/t19-/m0/s1. The normalized spacial score (nSPS) is 17.8. The van der Waals surface area contributed by atoms with E-state index in [4.69, 9.17) is 14.6 Å². The summed E-state index contributed by atoms with van der Waals surface area (Å²) < 4.78 is 11.7. The fourth-order valence-corrected chi connectivity index (χ4v) is 3.09. The molecule has 1 atom stereocenters. The Hall–Kier alpha value is -2.44. The Morgan fingerprint density at radius 1 is 1.38 bits per heavy atom. The van der Waals surface area contributed by atoms with Gasteiger partial charge in [-0.2, -0.15) is 0 Å². The van der Waals surface area contributed by atoms with Gasteiger partial charge in [-0.25, -0.2) is 0 Å². The van der Waals surface area contributed by atoms with E-state index in [1.165, 1.54) is 0 Å².